The number of hydrogen-bond acceptors (Lipinski definition) is 2. The third-order valence-electron chi connectivity index (χ3n) is 2.13. The summed E-state index contributed by atoms with van der Waals surface area (Å²) in [7, 11) is 0. The van der Waals surface area contributed by atoms with Gasteiger partial charge in [0.2, 0.25) is 0 Å². The lowest BCUT2D eigenvalue weighted by atomic mass is 10.0. The molecular formula is C10H6ClF6N3S. The Kier molecular flexibility index (Phi) is 5.05. The van der Waals surface area contributed by atoms with Crippen LogP contribution in [0, 0.1) is 0 Å². The van der Waals surface area contributed by atoms with Crippen LogP contribution in [0.25, 0.3) is 0 Å². The minimum Gasteiger partial charge on any atom is -0.375 e. The van der Waals surface area contributed by atoms with Crippen LogP contribution in [0.5, 0.6) is 0 Å². The molecule has 3 nitrogen and oxygen atoms in total. The minimum absolute atomic E-state index is 0.0476. The van der Waals surface area contributed by atoms with Crippen LogP contribution in [0.4, 0.5) is 26.3 Å². The SMILES string of the molecule is NC(=S)NN=Cc1c(Cl)cc(C(F)(F)F)cc1C(F)(F)F. The van der Waals surface area contributed by atoms with Crippen molar-refractivity contribution in [3.05, 3.63) is 33.8 Å². The van der Waals surface area contributed by atoms with Crippen LogP contribution in [0.2, 0.25) is 5.02 Å². The quantitative estimate of drug-likeness (QED) is 0.371. The summed E-state index contributed by atoms with van der Waals surface area (Å²) in [4.78, 5) is 0. The highest BCUT2D eigenvalue weighted by molar-refractivity contribution is 7.80. The third kappa shape index (κ3) is 4.74. The summed E-state index contributed by atoms with van der Waals surface area (Å²) in [6.07, 6.45) is -9.42. The van der Waals surface area contributed by atoms with Crippen molar-refractivity contribution in [2.45, 2.75) is 12.4 Å². The number of nitrogens with two attached hydrogens (primary N) is 1. The van der Waals surface area contributed by atoms with Crippen molar-refractivity contribution in [2.75, 3.05) is 0 Å². The Hall–Kier alpha value is -1.55. The van der Waals surface area contributed by atoms with E-state index in [4.69, 9.17) is 17.3 Å². The first-order valence-electron chi connectivity index (χ1n) is 4.99. The fourth-order valence-corrected chi connectivity index (χ4v) is 1.63. The Morgan fingerprint density at radius 1 is 1.19 bits per heavy atom. The highest BCUT2D eigenvalue weighted by Crippen LogP contribution is 2.39. The van der Waals surface area contributed by atoms with Crippen LogP contribution in [-0.4, -0.2) is 11.3 Å². The molecule has 0 atom stereocenters. The summed E-state index contributed by atoms with van der Waals surface area (Å²) < 4.78 is 76.0. The molecule has 0 saturated heterocycles. The molecule has 0 unspecified atom stereocenters. The lowest BCUT2D eigenvalue weighted by Gasteiger charge is -2.15. The molecule has 0 spiro atoms. The number of nitrogens with zero attached hydrogens (tertiary/aromatic N) is 1. The number of hydrazone groups is 1. The van der Waals surface area contributed by atoms with E-state index in [9.17, 15) is 26.3 Å². The number of alkyl halides is 6. The molecule has 0 heterocycles. The van der Waals surface area contributed by atoms with E-state index in [1.807, 2.05) is 5.43 Å². The lowest BCUT2D eigenvalue weighted by Crippen LogP contribution is -2.24. The van der Waals surface area contributed by atoms with Crippen molar-refractivity contribution in [3.63, 3.8) is 0 Å². The number of nitrogens with one attached hydrogen (secondary N) is 1. The van der Waals surface area contributed by atoms with Crippen molar-refractivity contribution < 1.29 is 26.3 Å². The van der Waals surface area contributed by atoms with Crippen molar-refractivity contribution in [3.8, 4) is 0 Å². The van der Waals surface area contributed by atoms with Gasteiger partial charge >= 0.3 is 12.4 Å². The third-order valence-corrected chi connectivity index (χ3v) is 2.53. The number of rotatable bonds is 2. The van der Waals surface area contributed by atoms with Crippen molar-refractivity contribution in [2.24, 2.45) is 10.8 Å². The number of thiocarbonyl (C=S) groups is 1. The zero-order valence-corrected chi connectivity index (χ0v) is 11.4. The molecule has 0 amide bonds. The second kappa shape index (κ2) is 6.06. The monoisotopic (exact) mass is 349 g/mol. The molecule has 0 saturated carbocycles. The maximum atomic E-state index is 12.8. The van der Waals surface area contributed by atoms with Crippen molar-refractivity contribution >= 4 is 35.1 Å². The maximum Gasteiger partial charge on any atom is 0.417 e. The van der Waals surface area contributed by atoms with Gasteiger partial charge in [0, 0.05) is 5.56 Å². The highest BCUT2D eigenvalue weighted by Gasteiger charge is 2.39. The first kappa shape index (κ1) is 17.5. The Balaban J connectivity index is 3.43. The molecular weight excluding hydrogens is 344 g/mol. The van der Waals surface area contributed by atoms with Crippen LogP contribution in [0.3, 0.4) is 0 Å². The molecule has 1 aromatic carbocycles. The van der Waals surface area contributed by atoms with E-state index in [0.29, 0.717) is 12.3 Å². The first-order valence-corrected chi connectivity index (χ1v) is 5.78. The molecule has 21 heavy (non-hydrogen) atoms. The van der Waals surface area contributed by atoms with Gasteiger partial charge in [-0.15, -0.1) is 0 Å². The van der Waals surface area contributed by atoms with Gasteiger partial charge in [-0.05, 0) is 24.4 Å². The Morgan fingerprint density at radius 3 is 2.19 bits per heavy atom. The van der Waals surface area contributed by atoms with E-state index >= 15 is 0 Å². The largest absolute Gasteiger partial charge is 0.417 e. The molecule has 3 N–H and O–H groups in total. The fourth-order valence-electron chi connectivity index (χ4n) is 1.31. The van der Waals surface area contributed by atoms with E-state index in [2.05, 4.69) is 17.3 Å². The van der Waals surface area contributed by atoms with Gasteiger partial charge in [0.1, 0.15) is 0 Å². The smallest absolute Gasteiger partial charge is 0.375 e. The van der Waals surface area contributed by atoms with Crippen LogP contribution < -0.4 is 11.2 Å². The number of halogens is 7. The second-order valence-electron chi connectivity index (χ2n) is 3.65. The predicted molar refractivity (Wildman–Crippen MR) is 69.0 cm³/mol. The molecule has 116 valence electrons. The lowest BCUT2D eigenvalue weighted by molar-refractivity contribution is -0.143. The average molecular weight is 350 g/mol. The van der Waals surface area contributed by atoms with E-state index in [0.717, 1.165) is 0 Å². The van der Waals surface area contributed by atoms with E-state index in [1.165, 1.54) is 0 Å². The van der Waals surface area contributed by atoms with Crippen LogP contribution in [0.1, 0.15) is 16.7 Å². The molecule has 11 heteroatoms. The summed E-state index contributed by atoms with van der Waals surface area (Å²) in [5, 5.41) is 2.17. The summed E-state index contributed by atoms with van der Waals surface area (Å²) in [6, 6.07) is 0.326. The van der Waals surface area contributed by atoms with Gasteiger partial charge in [-0.3, -0.25) is 5.43 Å². The van der Waals surface area contributed by atoms with Gasteiger partial charge in [0.15, 0.2) is 5.11 Å². The van der Waals surface area contributed by atoms with Gasteiger partial charge in [-0.25, -0.2) is 0 Å². The average Bonchev–Trinajstić information content (AvgIpc) is 2.27. The van der Waals surface area contributed by atoms with Crippen molar-refractivity contribution in [1.82, 2.24) is 5.43 Å². The van der Waals surface area contributed by atoms with E-state index in [1.54, 1.807) is 0 Å². The van der Waals surface area contributed by atoms with Gasteiger partial charge in [0.05, 0.1) is 22.4 Å². The normalized spacial score (nSPS) is 12.7. The number of benzene rings is 1. The maximum absolute atomic E-state index is 12.8. The summed E-state index contributed by atoms with van der Waals surface area (Å²) in [6.45, 7) is 0. The van der Waals surface area contributed by atoms with Crippen LogP contribution in [-0.2, 0) is 12.4 Å². The van der Waals surface area contributed by atoms with Gasteiger partial charge < -0.3 is 5.73 Å². The predicted octanol–water partition coefficient (Wildman–Crippen LogP) is 3.54. The zero-order valence-electron chi connectivity index (χ0n) is 9.81. The molecule has 0 bridgehead atoms. The topological polar surface area (TPSA) is 50.4 Å². The van der Waals surface area contributed by atoms with Gasteiger partial charge in [-0.2, -0.15) is 31.4 Å². The fraction of sp³-hybridized carbons (Fsp3) is 0.200. The standard InChI is InChI=1S/C10H6ClF6N3S/c11-7-2-4(9(12,13)14)1-6(10(15,16)17)5(7)3-19-20-8(18)21/h1-3H,(H3,18,20,21). The summed E-state index contributed by atoms with van der Waals surface area (Å²) >= 11 is 9.85. The van der Waals surface area contributed by atoms with E-state index in [-0.39, 0.29) is 11.2 Å². The van der Waals surface area contributed by atoms with Crippen LogP contribution in [0.15, 0.2) is 17.2 Å². The molecule has 0 aliphatic carbocycles. The molecule has 1 rings (SSSR count). The molecule has 1 aromatic rings. The van der Waals surface area contributed by atoms with Crippen molar-refractivity contribution in [1.29, 1.82) is 0 Å². The van der Waals surface area contributed by atoms with Gasteiger partial charge in [-0.1, -0.05) is 11.6 Å². The Morgan fingerprint density at radius 2 is 1.76 bits per heavy atom. The van der Waals surface area contributed by atoms with E-state index < -0.39 is 34.1 Å². The summed E-state index contributed by atoms with van der Waals surface area (Å²) in [5.74, 6) is 0. The Labute approximate surface area is 124 Å². The van der Waals surface area contributed by atoms with Crippen LogP contribution >= 0.6 is 23.8 Å². The summed E-state index contributed by atoms with van der Waals surface area (Å²) in [5.41, 5.74) is 3.15. The zero-order chi connectivity index (χ0) is 16.4. The second-order valence-corrected chi connectivity index (χ2v) is 4.50. The first-order chi connectivity index (χ1) is 9.43. The minimum atomic E-state index is -5.05. The molecule has 0 radical (unpaired) electrons. The molecule has 0 aliphatic heterocycles. The van der Waals surface area contributed by atoms with Gasteiger partial charge in [0.25, 0.3) is 0 Å². The number of hydrogen-bond donors (Lipinski definition) is 2. The molecule has 0 fully saturated rings. The molecule has 0 aliphatic rings. The Bertz CT molecular complexity index is 581. The highest BCUT2D eigenvalue weighted by atomic mass is 35.5. The molecule has 0 aromatic heterocycles.